The summed E-state index contributed by atoms with van der Waals surface area (Å²) in [6.07, 6.45) is 8.05. The predicted molar refractivity (Wildman–Crippen MR) is 124 cm³/mol. The number of aromatic amines is 1. The van der Waals surface area contributed by atoms with E-state index in [4.69, 9.17) is 4.42 Å². The highest BCUT2D eigenvalue weighted by Gasteiger charge is 2.25. The summed E-state index contributed by atoms with van der Waals surface area (Å²) in [4.78, 5) is 14.8. The molecule has 4 heterocycles. The third-order valence-corrected chi connectivity index (χ3v) is 6.27. The Morgan fingerprint density at radius 1 is 1.14 bits per heavy atom. The molecule has 6 rings (SSSR count). The second-order valence-corrected chi connectivity index (χ2v) is 8.51. The minimum absolute atomic E-state index is 0.233. The molecule has 12 heteroatoms. The minimum Gasteiger partial charge on any atom is -0.420 e. The zero-order valence-corrected chi connectivity index (χ0v) is 18.7. The fourth-order valence-corrected chi connectivity index (χ4v) is 4.54. The molecule has 1 aromatic carbocycles. The zero-order chi connectivity index (χ0) is 23.6. The number of rotatable bonds is 5. The number of aromatic nitrogens is 7. The van der Waals surface area contributed by atoms with Crippen LogP contribution in [0.4, 0.5) is 5.95 Å². The van der Waals surface area contributed by atoms with Gasteiger partial charge in [0.15, 0.2) is 0 Å². The molecule has 0 spiro atoms. The average molecular weight is 467 g/mol. The number of nitrogens with zero attached hydrogens (tertiary/aromatic N) is 9. The molecule has 0 fully saturated rings. The van der Waals surface area contributed by atoms with E-state index in [0.717, 1.165) is 30.7 Å². The Hall–Kier alpha value is -4.66. The highest BCUT2D eigenvalue weighted by Crippen LogP contribution is 2.24. The first-order valence-electron chi connectivity index (χ1n) is 11.3. The lowest BCUT2D eigenvalue weighted by Gasteiger charge is -2.27. The van der Waals surface area contributed by atoms with Gasteiger partial charge in [-0.15, -0.1) is 10.2 Å². The number of hydrogen-bond acceptors (Lipinski definition) is 10. The normalized spacial score (nSPS) is 15.5. The maximum absolute atomic E-state index is 9.18. The number of fused-ring (bicyclic) bond motifs is 2. The topological polar surface area (TPSA) is 158 Å². The van der Waals surface area contributed by atoms with Gasteiger partial charge in [0.1, 0.15) is 11.5 Å². The molecule has 0 bridgehead atoms. The lowest BCUT2D eigenvalue weighted by molar-refractivity contribution is 0.376. The van der Waals surface area contributed by atoms with Gasteiger partial charge < -0.3 is 14.6 Å². The maximum Gasteiger partial charge on any atom is 0.250 e. The Morgan fingerprint density at radius 3 is 2.69 bits per heavy atom. The van der Waals surface area contributed by atoms with Crippen molar-refractivity contribution in [3.8, 4) is 17.6 Å². The molecule has 2 aliphatic rings. The van der Waals surface area contributed by atoms with Crippen LogP contribution in [0.3, 0.4) is 0 Å². The summed E-state index contributed by atoms with van der Waals surface area (Å²) in [6, 6.07) is 8.74. The van der Waals surface area contributed by atoms with Crippen LogP contribution in [0, 0.1) is 11.5 Å². The summed E-state index contributed by atoms with van der Waals surface area (Å²) in [5, 5.41) is 31.8. The summed E-state index contributed by atoms with van der Waals surface area (Å²) in [6.45, 7) is 1.19. The molecule has 0 radical (unpaired) electrons. The van der Waals surface area contributed by atoms with E-state index in [9.17, 15) is 5.26 Å². The van der Waals surface area contributed by atoms with Crippen LogP contribution in [-0.2, 0) is 32.2 Å². The lowest BCUT2D eigenvalue weighted by Crippen LogP contribution is -2.37. The second kappa shape index (κ2) is 8.94. The van der Waals surface area contributed by atoms with Crippen LogP contribution in [0.1, 0.15) is 28.4 Å². The Labute approximate surface area is 200 Å². The minimum atomic E-state index is 0.233. The SMILES string of the molecule is N#CN=C(Cc1nnc(-c2cnc(NC3Cc4ccccc4C3)nc2)o1)N1CCc2n[nH]nc2C1. The second-order valence-electron chi connectivity index (χ2n) is 8.51. The average Bonchev–Trinajstić information content (AvgIpc) is 3.63. The summed E-state index contributed by atoms with van der Waals surface area (Å²) in [5.41, 5.74) is 5.14. The van der Waals surface area contributed by atoms with E-state index in [1.165, 1.54) is 11.1 Å². The molecule has 0 unspecified atom stereocenters. The zero-order valence-electron chi connectivity index (χ0n) is 18.7. The number of benzene rings is 1. The highest BCUT2D eigenvalue weighted by molar-refractivity contribution is 5.84. The van der Waals surface area contributed by atoms with Gasteiger partial charge in [0.05, 0.1) is 24.2 Å². The Morgan fingerprint density at radius 2 is 1.91 bits per heavy atom. The van der Waals surface area contributed by atoms with Crippen molar-refractivity contribution in [1.82, 2.24) is 40.5 Å². The Kier molecular flexibility index (Phi) is 5.34. The summed E-state index contributed by atoms with van der Waals surface area (Å²) < 4.78 is 5.83. The van der Waals surface area contributed by atoms with Crippen LogP contribution < -0.4 is 5.32 Å². The molecule has 4 aromatic rings. The van der Waals surface area contributed by atoms with E-state index in [2.05, 4.69) is 70.2 Å². The number of anilines is 1. The van der Waals surface area contributed by atoms with Gasteiger partial charge >= 0.3 is 0 Å². The molecule has 0 atom stereocenters. The van der Waals surface area contributed by atoms with Crippen molar-refractivity contribution < 1.29 is 4.42 Å². The molecule has 3 aromatic heterocycles. The Balaban J connectivity index is 1.11. The highest BCUT2D eigenvalue weighted by atomic mass is 16.4. The van der Waals surface area contributed by atoms with E-state index >= 15 is 0 Å². The van der Waals surface area contributed by atoms with Crippen molar-refractivity contribution in [1.29, 1.82) is 5.26 Å². The van der Waals surface area contributed by atoms with Crippen molar-refractivity contribution in [3.05, 3.63) is 65.1 Å². The van der Waals surface area contributed by atoms with Crippen molar-refractivity contribution in [2.24, 2.45) is 4.99 Å². The molecule has 12 nitrogen and oxygen atoms in total. The molecule has 0 amide bonds. The van der Waals surface area contributed by atoms with Gasteiger partial charge in [-0.1, -0.05) is 24.3 Å². The van der Waals surface area contributed by atoms with Crippen molar-refractivity contribution in [3.63, 3.8) is 0 Å². The monoisotopic (exact) mass is 467 g/mol. The fourth-order valence-electron chi connectivity index (χ4n) is 4.54. The number of H-pyrrole nitrogens is 1. The number of hydrogen-bond donors (Lipinski definition) is 2. The van der Waals surface area contributed by atoms with E-state index < -0.39 is 0 Å². The van der Waals surface area contributed by atoms with Gasteiger partial charge in [-0.05, 0) is 24.0 Å². The lowest BCUT2D eigenvalue weighted by atomic mass is 10.1. The smallest absolute Gasteiger partial charge is 0.250 e. The third-order valence-electron chi connectivity index (χ3n) is 6.27. The third kappa shape index (κ3) is 4.31. The number of aliphatic imine (C=N–C) groups is 1. The van der Waals surface area contributed by atoms with Crippen LogP contribution in [0.2, 0.25) is 0 Å². The van der Waals surface area contributed by atoms with E-state index in [1.54, 1.807) is 12.4 Å². The van der Waals surface area contributed by atoms with Crippen LogP contribution >= 0.6 is 0 Å². The van der Waals surface area contributed by atoms with Crippen molar-refractivity contribution >= 4 is 11.8 Å². The summed E-state index contributed by atoms with van der Waals surface area (Å²) in [5.74, 6) is 1.77. The van der Waals surface area contributed by atoms with Crippen LogP contribution in [0.25, 0.3) is 11.5 Å². The number of nitrogens with one attached hydrogen (secondary N) is 2. The summed E-state index contributed by atoms with van der Waals surface area (Å²) in [7, 11) is 0. The molecule has 35 heavy (non-hydrogen) atoms. The first-order valence-corrected chi connectivity index (χ1v) is 11.3. The molecule has 1 aliphatic heterocycles. The van der Waals surface area contributed by atoms with E-state index in [0.29, 0.717) is 42.2 Å². The van der Waals surface area contributed by atoms with Crippen LogP contribution in [0.5, 0.6) is 0 Å². The first kappa shape index (κ1) is 20.9. The number of amidine groups is 1. The molecule has 2 N–H and O–H groups in total. The molecule has 174 valence electrons. The van der Waals surface area contributed by atoms with E-state index in [1.807, 2.05) is 11.1 Å². The van der Waals surface area contributed by atoms with Gasteiger partial charge in [0.2, 0.25) is 18.0 Å². The summed E-state index contributed by atoms with van der Waals surface area (Å²) >= 11 is 0. The fraction of sp³-hybridized carbons (Fsp3) is 0.304. The van der Waals surface area contributed by atoms with Crippen LogP contribution in [0.15, 0.2) is 46.1 Å². The van der Waals surface area contributed by atoms with Gasteiger partial charge in [-0.25, -0.2) is 9.97 Å². The standard InChI is InChI=1S/C23H21N11O/c24-13-27-20(34-6-5-18-19(12-34)30-33-29-18)9-21-31-32-22(35-21)16-10-25-23(26-11-16)28-17-7-14-3-1-2-4-15(14)8-17/h1-4,10-11,17H,5-9,12H2,(H,25,26,28)(H,29,30,33). The molecule has 1 aliphatic carbocycles. The quantitative estimate of drug-likeness (QED) is 0.251. The van der Waals surface area contributed by atoms with Gasteiger partial charge in [0, 0.05) is 31.4 Å². The van der Waals surface area contributed by atoms with Gasteiger partial charge in [-0.3, -0.25) is 0 Å². The van der Waals surface area contributed by atoms with Crippen LogP contribution in [-0.4, -0.2) is 58.9 Å². The Bertz CT molecular complexity index is 1390. The van der Waals surface area contributed by atoms with Gasteiger partial charge in [-0.2, -0.15) is 25.7 Å². The molecular weight excluding hydrogens is 446 g/mol. The van der Waals surface area contributed by atoms with Crippen molar-refractivity contribution in [2.45, 2.75) is 38.3 Å². The largest absolute Gasteiger partial charge is 0.420 e. The van der Waals surface area contributed by atoms with E-state index in [-0.39, 0.29) is 12.5 Å². The number of nitriles is 1. The molecule has 0 saturated carbocycles. The first-order chi connectivity index (χ1) is 17.2. The van der Waals surface area contributed by atoms with Gasteiger partial charge in [0.25, 0.3) is 5.89 Å². The predicted octanol–water partition coefficient (Wildman–Crippen LogP) is 1.70. The van der Waals surface area contributed by atoms with Crippen molar-refractivity contribution in [2.75, 3.05) is 11.9 Å². The molecular formula is C23H21N11O. The maximum atomic E-state index is 9.18. The molecule has 0 saturated heterocycles.